The first-order chi connectivity index (χ1) is 16.1. The van der Waals surface area contributed by atoms with E-state index in [9.17, 15) is 22.7 Å². The van der Waals surface area contributed by atoms with E-state index in [-0.39, 0.29) is 36.3 Å². The van der Waals surface area contributed by atoms with E-state index in [1.165, 1.54) is 15.1 Å². The van der Waals surface area contributed by atoms with Gasteiger partial charge in [-0.3, -0.25) is 9.36 Å². The highest BCUT2D eigenvalue weighted by atomic mass is 32.2. The van der Waals surface area contributed by atoms with Crippen LogP contribution in [0.1, 0.15) is 57.1 Å². The Morgan fingerprint density at radius 1 is 1.32 bits per heavy atom. The summed E-state index contributed by atoms with van der Waals surface area (Å²) in [7, 11) is -3.43. The molecule has 2 aromatic heterocycles. The topological polar surface area (TPSA) is 117 Å². The Morgan fingerprint density at radius 3 is 2.71 bits per heavy atom. The summed E-state index contributed by atoms with van der Waals surface area (Å²) in [4.78, 5) is 21.9. The van der Waals surface area contributed by atoms with E-state index in [1.54, 1.807) is 13.0 Å². The fourth-order valence-corrected chi connectivity index (χ4v) is 7.00. The SMILES string of the molecule is C#Cc1cc2cnc(N[C@@H]3CCN(S(=O)(=O)C4CC4)C[C@H]3F)nc2n([C@@H]2CCC[C@@]2(C)O)c1=O. The molecule has 0 unspecified atom stereocenters. The van der Waals surface area contributed by atoms with Crippen molar-refractivity contribution in [2.45, 2.75) is 74.6 Å². The van der Waals surface area contributed by atoms with Gasteiger partial charge in [0.25, 0.3) is 5.56 Å². The molecule has 3 heterocycles. The minimum absolute atomic E-state index is 0.137. The minimum Gasteiger partial charge on any atom is -0.388 e. The molecule has 2 aliphatic carbocycles. The number of pyridine rings is 1. The van der Waals surface area contributed by atoms with E-state index < -0.39 is 39.4 Å². The summed E-state index contributed by atoms with van der Waals surface area (Å²) in [5.41, 5.74) is -1.02. The van der Waals surface area contributed by atoms with Crippen molar-refractivity contribution in [1.29, 1.82) is 0 Å². The van der Waals surface area contributed by atoms with Crippen molar-refractivity contribution in [3.8, 4) is 12.3 Å². The fourth-order valence-electron chi connectivity index (χ4n) is 5.13. The number of nitrogens with one attached hydrogen (secondary N) is 1. The maximum Gasteiger partial charge on any atom is 0.268 e. The number of aliphatic hydroxyl groups is 1. The molecular weight excluding hydrogens is 461 g/mol. The Labute approximate surface area is 197 Å². The van der Waals surface area contributed by atoms with E-state index in [0.29, 0.717) is 36.7 Å². The van der Waals surface area contributed by atoms with E-state index in [2.05, 4.69) is 21.2 Å². The second kappa shape index (κ2) is 8.29. The van der Waals surface area contributed by atoms with Crippen LogP contribution in [0.3, 0.4) is 0 Å². The molecule has 2 saturated carbocycles. The zero-order valence-electron chi connectivity index (χ0n) is 18.9. The lowest BCUT2D eigenvalue weighted by Crippen LogP contribution is -2.50. The largest absolute Gasteiger partial charge is 0.388 e. The third-order valence-electron chi connectivity index (χ3n) is 7.24. The first kappa shape index (κ1) is 23.2. The number of rotatable bonds is 5. The van der Waals surface area contributed by atoms with Gasteiger partial charge >= 0.3 is 0 Å². The molecular formula is C23H28FN5O4S. The average Bonchev–Trinajstić information content (AvgIpc) is 3.59. The summed E-state index contributed by atoms with van der Waals surface area (Å²) in [6, 6.07) is 0.382. The predicted molar refractivity (Wildman–Crippen MR) is 126 cm³/mol. The molecule has 9 nitrogen and oxygen atoms in total. The van der Waals surface area contributed by atoms with Gasteiger partial charge in [-0.05, 0) is 51.5 Å². The van der Waals surface area contributed by atoms with E-state index in [4.69, 9.17) is 6.42 Å². The number of terminal acetylenes is 1. The van der Waals surface area contributed by atoms with Gasteiger partial charge in [0.15, 0.2) is 0 Å². The second-order valence-electron chi connectivity index (χ2n) is 9.77. The number of anilines is 1. The normalized spacial score (nSPS) is 30.4. The molecule has 11 heteroatoms. The van der Waals surface area contributed by atoms with Crippen molar-refractivity contribution in [1.82, 2.24) is 18.8 Å². The molecule has 0 spiro atoms. The van der Waals surface area contributed by atoms with Gasteiger partial charge in [0, 0.05) is 24.7 Å². The lowest BCUT2D eigenvalue weighted by Gasteiger charge is -2.34. The van der Waals surface area contributed by atoms with Crippen LogP contribution in [-0.2, 0) is 10.0 Å². The number of alkyl halides is 1. The molecule has 0 bridgehead atoms. The van der Waals surface area contributed by atoms with Crippen molar-refractivity contribution in [3.05, 3.63) is 28.2 Å². The van der Waals surface area contributed by atoms with Crippen LogP contribution in [-0.4, -0.2) is 68.5 Å². The highest BCUT2D eigenvalue weighted by molar-refractivity contribution is 7.90. The number of sulfonamides is 1. The van der Waals surface area contributed by atoms with Gasteiger partial charge in [-0.25, -0.2) is 17.8 Å². The standard InChI is InChI=1S/C23H28FN5O4S/c1-3-14-11-15-12-25-22(27-20(15)29(21(14)30)19-5-4-9-23(19,2)31)26-18-8-10-28(13-17(18)24)34(32,33)16-6-7-16/h1,11-12,16-19,31H,4-10,13H2,2H3,(H,25,26,27)/t17-,18-,19-,23-/m1/s1. The fraction of sp³-hybridized carbons (Fsp3) is 0.609. The van der Waals surface area contributed by atoms with Crippen LogP contribution in [0.15, 0.2) is 17.1 Å². The van der Waals surface area contributed by atoms with E-state index in [0.717, 1.165) is 6.42 Å². The van der Waals surface area contributed by atoms with Gasteiger partial charge in [-0.1, -0.05) is 5.92 Å². The van der Waals surface area contributed by atoms with Gasteiger partial charge in [-0.15, -0.1) is 6.42 Å². The zero-order valence-corrected chi connectivity index (χ0v) is 19.8. The number of hydrogen-bond acceptors (Lipinski definition) is 7. The second-order valence-corrected chi connectivity index (χ2v) is 12.0. The maximum absolute atomic E-state index is 15.0. The molecule has 0 amide bonds. The van der Waals surface area contributed by atoms with Crippen molar-refractivity contribution in [2.24, 2.45) is 0 Å². The monoisotopic (exact) mass is 489 g/mol. The molecule has 0 aromatic carbocycles. The molecule has 3 fully saturated rings. The number of aromatic nitrogens is 3. The third kappa shape index (κ3) is 3.97. The number of halogens is 1. The van der Waals surface area contributed by atoms with Crippen LogP contribution in [0.2, 0.25) is 0 Å². The van der Waals surface area contributed by atoms with Crippen LogP contribution >= 0.6 is 0 Å². The molecule has 0 radical (unpaired) electrons. The number of hydrogen-bond donors (Lipinski definition) is 2. The van der Waals surface area contributed by atoms with Gasteiger partial charge in [0.05, 0.1) is 28.5 Å². The van der Waals surface area contributed by atoms with Gasteiger partial charge in [0.2, 0.25) is 16.0 Å². The third-order valence-corrected chi connectivity index (χ3v) is 9.61. The first-order valence-corrected chi connectivity index (χ1v) is 13.1. The molecule has 4 atom stereocenters. The van der Waals surface area contributed by atoms with Gasteiger partial charge in [0.1, 0.15) is 11.8 Å². The Balaban J connectivity index is 1.45. The van der Waals surface area contributed by atoms with Gasteiger partial charge in [-0.2, -0.15) is 9.29 Å². The smallest absolute Gasteiger partial charge is 0.268 e. The summed E-state index contributed by atoms with van der Waals surface area (Å²) >= 11 is 0. The van der Waals surface area contributed by atoms with Crippen LogP contribution in [0.5, 0.6) is 0 Å². The van der Waals surface area contributed by atoms with Crippen molar-refractivity contribution < 1.29 is 17.9 Å². The highest BCUT2D eigenvalue weighted by Crippen LogP contribution is 2.39. The lowest BCUT2D eigenvalue weighted by molar-refractivity contribution is 0.0266. The van der Waals surface area contributed by atoms with Crippen molar-refractivity contribution in [2.75, 3.05) is 18.4 Å². The van der Waals surface area contributed by atoms with Gasteiger partial charge < -0.3 is 10.4 Å². The van der Waals surface area contributed by atoms with Crippen molar-refractivity contribution in [3.63, 3.8) is 0 Å². The molecule has 5 rings (SSSR count). The summed E-state index contributed by atoms with van der Waals surface area (Å²) < 4.78 is 42.6. The maximum atomic E-state index is 15.0. The number of nitrogens with zero attached hydrogens (tertiary/aromatic N) is 4. The predicted octanol–water partition coefficient (Wildman–Crippen LogP) is 1.57. The molecule has 2 N–H and O–H groups in total. The molecule has 3 aliphatic rings. The van der Waals surface area contributed by atoms with Crippen LogP contribution in [0.4, 0.5) is 10.3 Å². The Kier molecular flexibility index (Phi) is 5.66. The lowest BCUT2D eigenvalue weighted by atomic mass is 9.99. The molecule has 1 saturated heterocycles. The Bertz CT molecular complexity index is 1330. The molecule has 182 valence electrons. The first-order valence-electron chi connectivity index (χ1n) is 11.6. The molecule has 34 heavy (non-hydrogen) atoms. The van der Waals surface area contributed by atoms with Crippen LogP contribution in [0, 0.1) is 12.3 Å². The number of fused-ring (bicyclic) bond motifs is 1. The summed E-state index contributed by atoms with van der Waals surface area (Å²) in [5.74, 6) is 2.54. The quantitative estimate of drug-likeness (QED) is 0.612. The van der Waals surface area contributed by atoms with Crippen LogP contribution in [0.25, 0.3) is 11.0 Å². The Hall–Kier alpha value is -2.55. The average molecular weight is 490 g/mol. The zero-order chi connectivity index (χ0) is 24.3. The summed E-state index contributed by atoms with van der Waals surface area (Å²) in [6.45, 7) is 1.72. The van der Waals surface area contributed by atoms with Crippen LogP contribution < -0.4 is 10.9 Å². The summed E-state index contributed by atoms with van der Waals surface area (Å²) in [5, 5.41) is 14.0. The number of piperidine rings is 1. The Morgan fingerprint density at radius 2 is 2.09 bits per heavy atom. The molecule has 1 aliphatic heterocycles. The van der Waals surface area contributed by atoms with E-state index >= 15 is 0 Å². The minimum atomic E-state index is -3.43. The summed E-state index contributed by atoms with van der Waals surface area (Å²) in [6.07, 6.45) is 9.09. The van der Waals surface area contributed by atoms with E-state index in [1.807, 2.05) is 0 Å². The molecule has 2 aromatic rings. The van der Waals surface area contributed by atoms with Crippen molar-refractivity contribution >= 4 is 27.0 Å². The highest BCUT2D eigenvalue weighted by Gasteiger charge is 2.44.